The normalized spacial score (nSPS) is 23.5. The Morgan fingerprint density at radius 3 is 2.50 bits per heavy atom. The molecule has 2 N–H and O–H groups in total. The fraction of sp³-hybridized carbons (Fsp3) is 0.625. The molecule has 3 rings (SSSR count). The zero-order valence-electron chi connectivity index (χ0n) is 13.2. The number of hydrogen-bond acceptors (Lipinski definition) is 4. The van der Waals surface area contributed by atoms with Crippen LogP contribution >= 0.6 is 0 Å². The highest BCUT2D eigenvalue weighted by atomic mass is 16.2. The van der Waals surface area contributed by atoms with E-state index >= 15 is 0 Å². The summed E-state index contributed by atoms with van der Waals surface area (Å²) in [7, 11) is 2.09. The second kappa shape index (κ2) is 6.96. The first-order chi connectivity index (χ1) is 10.7. The number of carbonyl (C=O) groups excluding carboxylic acids is 1. The minimum Gasteiger partial charge on any atom is -0.356 e. The van der Waals surface area contributed by atoms with Crippen LogP contribution in [0, 0.1) is 0 Å². The predicted octanol–water partition coefficient (Wildman–Crippen LogP) is 1.05. The van der Waals surface area contributed by atoms with Gasteiger partial charge in [0, 0.05) is 37.9 Å². The minimum atomic E-state index is -0.0170. The lowest BCUT2D eigenvalue weighted by atomic mass is 10.1. The number of hydrogen-bond donors (Lipinski definition) is 2. The molecular weight excluding hydrogens is 278 g/mol. The van der Waals surface area contributed by atoms with Crippen molar-refractivity contribution in [1.82, 2.24) is 20.5 Å². The molecule has 22 heavy (non-hydrogen) atoms. The molecule has 2 amide bonds. The van der Waals surface area contributed by atoms with Crippen molar-refractivity contribution in [3.63, 3.8) is 0 Å². The number of likely N-dealkylation sites (N-methyl/N-ethyl adjacent to an activating group) is 1. The highest BCUT2D eigenvalue weighted by molar-refractivity contribution is 5.74. The average molecular weight is 303 g/mol. The molecule has 0 bridgehead atoms. The van der Waals surface area contributed by atoms with E-state index in [9.17, 15) is 4.79 Å². The highest BCUT2D eigenvalue weighted by Gasteiger charge is 2.24. The van der Waals surface area contributed by atoms with Gasteiger partial charge in [0.1, 0.15) is 5.82 Å². The summed E-state index contributed by atoms with van der Waals surface area (Å²) in [6, 6.07) is 6.52. The summed E-state index contributed by atoms with van der Waals surface area (Å²) < 4.78 is 0. The Balaban J connectivity index is 1.41. The maximum Gasteiger partial charge on any atom is 0.315 e. The molecule has 0 spiro atoms. The molecule has 0 radical (unpaired) electrons. The minimum absolute atomic E-state index is 0.0170. The van der Waals surface area contributed by atoms with Crippen LogP contribution in [-0.2, 0) is 0 Å². The van der Waals surface area contributed by atoms with Crippen LogP contribution in [0.1, 0.15) is 19.3 Å². The number of pyridine rings is 1. The van der Waals surface area contributed by atoms with Crippen molar-refractivity contribution < 1.29 is 4.79 Å². The van der Waals surface area contributed by atoms with Crippen molar-refractivity contribution in [1.29, 1.82) is 0 Å². The molecule has 6 nitrogen and oxygen atoms in total. The summed E-state index contributed by atoms with van der Waals surface area (Å²) in [5.74, 6) is 1.03. The second-order valence-corrected chi connectivity index (χ2v) is 6.31. The Hall–Kier alpha value is -1.82. The maximum atomic E-state index is 12.1. The van der Waals surface area contributed by atoms with Crippen LogP contribution in [0.5, 0.6) is 0 Å². The Labute approximate surface area is 131 Å². The van der Waals surface area contributed by atoms with Gasteiger partial charge in [-0.2, -0.15) is 0 Å². The van der Waals surface area contributed by atoms with Gasteiger partial charge in [-0.15, -0.1) is 0 Å². The number of aromatic nitrogens is 1. The SMILES string of the molecule is CN1CC[C@@H](NC(=O)NC2CCN(c3ccccn3)CC2)C1. The topological polar surface area (TPSA) is 60.5 Å². The largest absolute Gasteiger partial charge is 0.356 e. The maximum absolute atomic E-state index is 12.1. The van der Waals surface area contributed by atoms with E-state index < -0.39 is 0 Å². The lowest BCUT2D eigenvalue weighted by Crippen LogP contribution is -2.50. The molecule has 0 aliphatic carbocycles. The van der Waals surface area contributed by atoms with Gasteiger partial charge in [0.05, 0.1) is 0 Å². The van der Waals surface area contributed by atoms with E-state index in [1.165, 1.54) is 0 Å². The molecule has 2 saturated heterocycles. The molecule has 1 atom stereocenters. The molecule has 0 aromatic carbocycles. The van der Waals surface area contributed by atoms with Gasteiger partial charge in [-0.3, -0.25) is 0 Å². The molecule has 1 aromatic rings. The van der Waals surface area contributed by atoms with E-state index in [-0.39, 0.29) is 12.1 Å². The quantitative estimate of drug-likeness (QED) is 0.876. The summed E-state index contributed by atoms with van der Waals surface area (Å²) in [5.41, 5.74) is 0. The number of piperidine rings is 1. The van der Waals surface area contributed by atoms with E-state index in [0.29, 0.717) is 6.04 Å². The van der Waals surface area contributed by atoms with Crippen LogP contribution in [0.4, 0.5) is 10.6 Å². The fourth-order valence-corrected chi connectivity index (χ4v) is 3.26. The van der Waals surface area contributed by atoms with Gasteiger partial charge in [-0.1, -0.05) is 6.07 Å². The predicted molar refractivity (Wildman–Crippen MR) is 87.0 cm³/mol. The number of likely N-dealkylation sites (tertiary alicyclic amines) is 1. The molecule has 1 aromatic heterocycles. The third kappa shape index (κ3) is 3.88. The van der Waals surface area contributed by atoms with Crippen molar-refractivity contribution >= 4 is 11.8 Å². The highest BCUT2D eigenvalue weighted by Crippen LogP contribution is 2.17. The van der Waals surface area contributed by atoms with Gasteiger partial charge in [-0.25, -0.2) is 9.78 Å². The molecular formula is C16H25N5O. The van der Waals surface area contributed by atoms with Gasteiger partial charge in [0.2, 0.25) is 0 Å². The van der Waals surface area contributed by atoms with Crippen molar-refractivity contribution in [3.8, 4) is 0 Å². The number of nitrogens with one attached hydrogen (secondary N) is 2. The number of rotatable bonds is 3. The molecule has 2 fully saturated rings. The summed E-state index contributed by atoms with van der Waals surface area (Å²) >= 11 is 0. The van der Waals surface area contributed by atoms with Crippen LogP contribution in [-0.4, -0.2) is 61.2 Å². The van der Waals surface area contributed by atoms with Gasteiger partial charge >= 0.3 is 6.03 Å². The Morgan fingerprint density at radius 2 is 1.86 bits per heavy atom. The summed E-state index contributed by atoms with van der Waals surface area (Å²) in [6.45, 7) is 3.89. The fourth-order valence-electron chi connectivity index (χ4n) is 3.26. The van der Waals surface area contributed by atoms with Gasteiger partial charge in [0.25, 0.3) is 0 Å². The number of carbonyl (C=O) groups is 1. The van der Waals surface area contributed by atoms with E-state index in [4.69, 9.17) is 0 Å². The molecule has 2 aliphatic heterocycles. The van der Waals surface area contributed by atoms with Crippen molar-refractivity contribution in [2.75, 3.05) is 38.1 Å². The number of urea groups is 1. The van der Waals surface area contributed by atoms with Gasteiger partial charge < -0.3 is 20.4 Å². The first-order valence-corrected chi connectivity index (χ1v) is 8.12. The Kier molecular flexibility index (Phi) is 4.77. The second-order valence-electron chi connectivity index (χ2n) is 6.31. The van der Waals surface area contributed by atoms with Crippen LogP contribution in [0.15, 0.2) is 24.4 Å². The molecule has 0 unspecified atom stereocenters. The number of amides is 2. The number of anilines is 1. The monoisotopic (exact) mass is 303 g/mol. The third-order valence-electron chi connectivity index (χ3n) is 4.53. The Morgan fingerprint density at radius 1 is 1.14 bits per heavy atom. The summed E-state index contributed by atoms with van der Waals surface area (Å²) in [5, 5.41) is 6.20. The van der Waals surface area contributed by atoms with Crippen molar-refractivity contribution in [3.05, 3.63) is 24.4 Å². The smallest absolute Gasteiger partial charge is 0.315 e. The van der Waals surface area contributed by atoms with Gasteiger partial charge in [0.15, 0.2) is 0 Å². The van der Waals surface area contributed by atoms with Crippen LogP contribution < -0.4 is 15.5 Å². The first-order valence-electron chi connectivity index (χ1n) is 8.12. The lowest BCUT2D eigenvalue weighted by molar-refractivity contribution is 0.230. The Bertz CT molecular complexity index is 487. The van der Waals surface area contributed by atoms with E-state index in [1.54, 1.807) is 0 Å². The summed E-state index contributed by atoms with van der Waals surface area (Å²) in [6.07, 6.45) is 4.80. The number of nitrogens with zero attached hydrogens (tertiary/aromatic N) is 3. The molecule has 2 aliphatic rings. The average Bonchev–Trinajstić information content (AvgIpc) is 2.94. The van der Waals surface area contributed by atoms with E-state index in [2.05, 4.69) is 32.5 Å². The van der Waals surface area contributed by atoms with Crippen LogP contribution in [0.3, 0.4) is 0 Å². The first kappa shape index (κ1) is 15.1. The van der Waals surface area contributed by atoms with Crippen molar-refractivity contribution in [2.24, 2.45) is 0 Å². The zero-order valence-corrected chi connectivity index (χ0v) is 13.2. The molecule has 6 heteroatoms. The van der Waals surface area contributed by atoms with E-state index in [1.807, 2.05) is 24.4 Å². The lowest BCUT2D eigenvalue weighted by Gasteiger charge is -2.33. The molecule has 0 saturated carbocycles. The standard InChI is InChI=1S/C16H25N5O/c1-20-9-5-14(12-20)19-16(22)18-13-6-10-21(11-7-13)15-4-2-3-8-17-15/h2-4,8,13-14H,5-7,9-12H2,1H3,(H2,18,19,22)/t14-/m1/s1. The van der Waals surface area contributed by atoms with Crippen LogP contribution in [0.25, 0.3) is 0 Å². The third-order valence-corrected chi connectivity index (χ3v) is 4.53. The van der Waals surface area contributed by atoms with Gasteiger partial charge in [-0.05, 0) is 45.0 Å². The van der Waals surface area contributed by atoms with Crippen molar-refractivity contribution in [2.45, 2.75) is 31.3 Å². The molecule has 120 valence electrons. The zero-order chi connectivity index (χ0) is 15.4. The van der Waals surface area contributed by atoms with Crippen LogP contribution in [0.2, 0.25) is 0 Å². The van der Waals surface area contributed by atoms with E-state index in [0.717, 1.165) is 51.3 Å². The summed E-state index contributed by atoms with van der Waals surface area (Å²) in [4.78, 5) is 21.0. The molecule has 3 heterocycles.